The normalized spacial score (nSPS) is 17.6. The van der Waals surface area contributed by atoms with Crippen LogP contribution in [-0.2, 0) is 18.0 Å². The zero-order chi connectivity index (χ0) is 23.9. The Bertz CT molecular complexity index is 1180. The monoisotopic (exact) mass is 476 g/mol. The molecular formula is C22H27F3N8O. The van der Waals surface area contributed by atoms with Crippen LogP contribution in [0.1, 0.15) is 74.2 Å². The van der Waals surface area contributed by atoms with Gasteiger partial charge in [-0.3, -0.25) is 4.79 Å². The lowest BCUT2D eigenvalue weighted by atomic mass is 9.93. The summed E-state index contributed by atoms with van der Waals surface area (Å²) in [6.45, 7) is 0.497. The Morgan fingerprint density at radius 2 is 2.00 bits per heavy atom. The molecule has 34 heavy (non-hydrogen) atoms. The minimum absolute atomic E-state index is 0.0301. The number of nitrogens with one attached hydrogen (secondary N) is 2. The number of hydrogen-bond acceptors (Lipinski definition) is 6. The molecule has 2 N–H and O–H groups in total. The first-order valence-electron chi connectivity index (χ1n) is 11.7. The highest BCUT2D eigenvalue weighted by atomic mass is 19.4. The molecule has 0 aliphatic heterocycles. The molecule has 182 valence electrons. The topological polar surface area (TPSA) is 103 Å². The third-order valence-corrected chi connectivity index (χ3v) is 6.57. The van der Waals surface area contributed by atoms with Crippen LogP contribution in [-0.4, -0.2) is 48.3 Å². The molecule has 5 rings (SSSR count). The van der Waals surface area contributed by atoms with Crippen LogP contribution in [0.25, 0.3) is 11.0 Å². The molecule has 0 radical (unpaired) electrons. The first kappa shape index (κ1) is 22.8. The van der Waals surface area contributed by atoms with Gasteiger partial charge in [0.15, 0.2) is 5.82 Å². The van der Waals surface area contributed by atoms with Gasteiger partial charge in [-0.15, -0.1) is 5.10 Å². The van der Waals surface area contributed by atoms with Gasteiger partial charge in [-0.1, -0.05) is 0 Å². The van der Waals surface area contributed by atoms with Crippen molar-refractivity contribution in [1.29, 1.82) is 0 Å². The summed E-state index contributed by atoms with van der Waals surface area (Å²) in [5.41, 5.74) is 0.0991. The average Bonchev–Trinajstić information content (AvgIpc) is 3.34. The van der Waals surface area contributed by atoms with E-state index in [0.717, 1.165) is 44.2 Å². The number of benzene rings is 1. The fourth-order valence-electron chi connectivity index (χ4n) is 4.26. The number of nitrogens with zero attached hydrogens (tertiary/aromatic N) is 6. The van der Waals surface area contributed by atoms with E-state index in [0.29, 0.717) is 42.6 Å². The van der Waals surface area contributed by atoms with E-state index in [-0.39, 0.29) is 17.5 Å². The Kier molecular flexibility index (Phi) is 6.00. The second-order valence-electron chi connectivity index (χ2n) is 9.13. The number of halogens is 3. The van der Waals surface area contributed by atoms with Gasteiger partial charge in [0.05, 0.1) is 22.6 Å². The molecule has 2 aliphatic carbocycles. The standard InChI is InChI=1S/C22H27F3N8O/c1-32-17-10-7-13(22(23,24)25)12-16(17)28-20(32)19(21-29-30-31-33(21)15-4-2-5-15)26-11-3-6-18(34)27-14-8-9-14/h7,10,12,14-15,19,26H,2-6,8-9,11H2,1H3,(H,27,34). The fourth-order valence-corrected chi connectivity index (χ4v) is 4.26. The van der Waals surface area contributed by atoms with E-state index in [2.05, 4.69) is 31.1 Å². The van der Waals surface area contributed by atoms with E-state index in [4.69, 9.17) is 0 Å². The number of hydrogen-bond donors (Lipinski definition) is 2. The highest BCUT2D eigenvalue weighted by Gasteiger charge is 2.33. The van der Waals surface area contributed by atoms with Gasteiger partial charge >= 0.3 is 6.18 Å². The third kappa shape index (κ3) is 4.63. The van der Waals surface area contributed by atoms with Crippen molar-refractivity contribution >= 4 is 16.9 Å². The number of amides is 1. The first-order valence-corrected chi connectivity index (χ1v) is 11.7. The second-order valence-corrected chi connectivity index (χ2v) is 9.13. The van der Waals surface area contributed by atoms with Gasteiger partial charge in [-0.05, 0) is 73.7 Å². The van der Waals surface area contributed by atoms with Crippen molar-refractivity contribution in [3.63, 3.8) is 0 Å². The van der Waals surface area contributed by atoms with Gasteiger partial charge in [-0.2, -0.15) is 13.2 Å². The lowest BCUT2D eigenvalue weighted by Gasteiger charge is -2.28. The van der Waals surface area contributed by atoms with Gasteiger partial charge in [0.2, 0.25) is 5.91 Å². The molecule has 3 aromatic rings. The Morgan fingerprint density at radius 1 is 1.21 bits per heavy atom. The zero-order valence-electron chi connectivity index (χ0n) is 18.8. The number of carbonyl (C=O) groups excluding carboxylic acids is 1. The van der Waals surface area contributed by atoms with Crippen LogP contribution in [0, 0.1) is 0 Å². The number of carbonyl (C=O) groups is 1. The van der Waals surface area contributed by atoms with Crippen molar-refractivity contribution in [2.24, 2.45) is 7.05 Å². The van der Waals surface area contributed by atoms with Crippen molar-refractivity contribution < 1.29 is 18.0 Å². The Hall–Kier alpha value is -3.02. The number of alkyl halides is 3. The van der Waals surface area contributed by atoms with Crippen LogP contribution in [0.2, 0.25) is 0 Å². The van der Waals surface area contributed by atoms with Crippen LogP contribution in [0.15, 0.2) is 18.2 Å². The summed E-state index contributed by atoms with van der Waals surface area (Å²) in [7, 11) is 1.77. The van der Waals surface area contributed by atoms with E-state index in [1.165, 1.54) is 6.07 Å². The molecule has 1 unspecified atom stereocenters. The highest BCUT2D eigenvalue weighted by Crippen LogP contribution is 2.35. The summed E-state index contributed by atoms with van der Waals surface area (Å²) in [6, 6.07) is 3.55. The van der Waals surface area contributed by atoms with Crippen LogP contribution < -0.4 is 10.6 Å². The van der Waals surface area contributed by atoms with E-state index < -0.39 is 17.8 Å². The molecule has 2 aromatic heterocycles. The van der Waals surface area contributed by atoms with E-state index >= 15 is 0 Å². The number of rotatable bonds is 9. The lowest BCUT2D eigenvalue weighted by molar-refractivity contribution is -0.137. The minimum atomic E-state index is -4.45. The summed E-state index contributed by atoms with van der Waals surface area (Å²) in [5, 5.41) is 18.7. The average molecular weight is 477 g/mol. The van der Waals surface area contributed by atoms with Crippen molar-refractivity contribution in [3.8, 4) is 0 Å². The largest absolute Gasteiger partial charge is 0.416 e. The van der Waals surface area contributed by atoms with E-state index in [1.54, 1.807) is 16.3 Å². The molecule has 1 aromatic carbocycles. The predicted octanol–water partition coefficient (Wildman–Crippen LogP) is 3.04. The predicted molar refractivity (Wildman–Crippen MR) is 117 cm³/mol. The molecule has 2 heterocycles. The van der Waals surface area contributed by atoms with Crippen molar-refractivity contribution in [1.82, 2.24) is 40.4 Å². The smallest absolute Gasteiger partial charge is 0.353 e. The highest BCUT2D eigenvalue weighted by molar-refractivity contribution is 5.77. The number of aromatic nitrogens is 6. The maximum absolute atomic E-state index is 13.2. The SMILES string of the molecule is Cn1c(C(NCCCC(=O)NC2CC2)c2nnnn2C2CCC2)nc2cc(C(F)(F)F)ccc21. The van der Waals surface area contributed by atoms with Crippen molar-refractivity contribution in [2.75, 3.05) is 6.54 Å². The summed E-state index contributed by atoms with van der Waals surface area (Å²) in [6.07, 6.45) is 1.68. The second kappa shape index (κ2) is 8.97. The summed E-state index contributed by atoms with van der Waals surface area (Å²) >= 11 is 0. The molecular weight excluding hydrogens is 449 g/mol. The molecule has 1 amide bonds. The maximum Gasteiger partial charge on any atom is 0.416 e. The van der Waals surface area contributed by atoms with Crippen LogP contribution in [0.4, 0.5) is 13.2 Å². The quantitative estimate of drug-likeness (QED) is 0.461. The van der Waals surface area contributed by atoms with Crippen LogP contribution >= 0.6 is 0 Å². The van der Waals surface area contributed by atoms with E-state index in [1.807, 2.05) is 0 Å². The van der Waals surface area contributed by atoms with E-state index in [9.17, 15) is 18.0 Å². The molecule has 9 nitrogen and oxygen atoms in total. The van der Waals surface area contributed by atoms with Crippen molar-refractivity contribution in [3.05, 3.63) is 35.4 Å². The van der Waals surface area contributed by atoms with Gasteiger partial charge in [0.25, 0.3) is 0 Å². The molecule has 0 saturated heterocycles. The Labute approximate surface area is 194 Å². The van der Waals surface area contributed by atoms with Gasteiger partial charge in [0.1, 0.15) is 11.9 Å². The molecule has 2 fully saturated rings. The first-order chi connectivity index (χ1) is 16.3. The maximum atomic E-state index is 13.2. The van der Waals surface area contributed by atoms with Gasteiger partial charge in [-0.25, -0.2) is 9.67 Å². The number of aryl methyl sites for hydroxylation is 1. The van der Waals surface area contributed by atoms with Crippen LogP contribution in [0.3, 0.4) is 0 Å². The summed E-state index contributed by atoms with van der Waals surface area (Å²) in [5.74, 6) is 1.12. The summed E-state index contributed by atoms with van der Waals surface area (Å²) < 4.78 is 43.3. The lowest BCUT2D eigenvalue weighted by Crippen LogP contribution is -2.32. The minimum Gasteiger partial charge on any atom is -0.353 e. The molecule has 2 aliphatic rings. The third-order valence-electron chi connectivity index (χ3n) is 6.57. The number of imidazole rings is 1. The molecule has 12 heteroatoms. The van der Waals surface area contributed by atoms with Crippen LogP contribution in [0.5, 0.6) is 0 Å². The fraction of sp³-hybridized carbons (Fsp3) is 0.591. The molecule has 2 saturated carbocycles. The van der Waals surface area contributed by atoms with Gasteiger partial charge < -0.3 is 15.2 Å². The van der Waals surface area contributed by atoms with Gasteiger partial charge in [0, 0.05) is 19.5 Å². The molecule has 0 spiro atoms. The number of fused-ring (bicyclic) bond motifs is 1. The molecule has 0 bridgehead atoms. The Balaban J connectivity index is 1.41. The van der Waals surface area contributed by atoms with Crippen molar-refractivity contribution in [2.45, 2.75) is 69.2 Å². The summed E-state index contributed by atoms with van der Waals surface area (Å²) in [4.78, 5) is 16.6. The molecule has 1 atom stereocenters. The Morgan fingerprint density at radius 3 is 2.68 bits per heavy atom. The zero-order valence-corrected chi connectivity index (χ0v) is 18.8. The number of tetrazole rings is 1.